The maximum Gasteiger partial charge on any atom is 0.128 e. The van der Waals surface area contributed by atoms with Crippen molar-refractivity contribution in [2.75, 3.05) is 13.7 Å². The minimum absolute atomic E-state index is 0.636. The van der Waals surface area contributed by atoms with E-state index in [0.717, 1.165) is 22.6 Å². The van der Waals surface area contributed by atoms with E-state index in [1.165, 1.54) is 32.3 Å². The number of ether oxygens (including phenoxy) is 2. The molecular formula is C25H20O2. The number of benzene rings is 5. The van der Waals surface area contributed by atoms with Crippen LogP contribution in [-0.2, 0) is 0 Å². The molecule has 0 fully saturated rings. The molecule has 0 radical (unpaired) electrons. The third-order valence-electron chi connectivity index (χ3n) is 5.29. The standard InChI is InChI=1S/C25H20O2/c1-3-27-22-15-19-8-7-16-5-4-6-17-11-14-21(25(19)23(16)17)24(22)18-9-12-20(26-2)13-10-18/h4-15H,3H2,1-2H3. The zero-order valence-corrected chi connectivity index (χ0v) is 15.5. The summed E-state index contributed by atoms with van der Waals surface area (Å²) in [6.07, 6.45) is 0. The largest absolute Gasteiger partial charge is 0.497 e. The Morgan fingerprint density at radius 3 is 2.15 bits per heavy atom. The minimum Gasteiger partial charge on any atom is -0.497 e. The van der Waals surface area contributed by atoms with E-state index in [-0.39, 0.29) is 0 Å². The van der Waals surface area contributed by atoms with Crippen LogP contribution in [-0.4, -0.2) is 13.7 Å². The summed E-state index contributed by atoms with van der Waals surface area (Å²) in [6.45, 7) is 2.67. The van der Waals surface area contributed by atoms with Crippen LogP contribution in [0.15, 0.2) is 72.8 Å². The predicted octanol–water partition coefficient (Wildman–Crippen LogP) is 6.66. The van der Waals surface area contributed by atoms with E-state index in [4.69, 9.17) is 9.47 Å². The molecule has 5 rings (SSSR count). The van der Waals surface area contributed by atoms with Gasteiger partial charge >= 0.3 is 0 Å². The summed E-state index contributed by atoms with van der Waals surface area (Å²) in [5.41, 5.74) is 2.28. The van der Waals surface area contributed by atoms with Gasteiger partial charge < -0.3 is 9.47 Å². The predicted molar refractivity (Wildman–Crippen MR) is 113 cm³/mol. The third-order valence-corrected chi connectivity index (χ3v) is 5.29. The Hall–Kier alpha value is -3.26. The Morgan fingerprint density at radius 2 is 1.44 bits per heavy atom. The van der Waals surface area contributed by atoms with Crippen molar-refractivity contribution in [3.05, 3.63) is 72.8 Å². The molecule has 2 heteroatoms. The molecule has 0 aromatic heterocycles. The topological polar surface area (TPSA) is 18.5 Å². The third kappa shape index (κ3) is 2.41. The maximum absolute atomic E-state index is 6.07. The maximum atomic E-state index is 6.07. The Labute approximate surface area is 158 Å². The summed E-state index contributed by atoms with van der Waals surface area (Å²) >= 11 is 0. The van der Waals surface area contributed by atoms with Crippen LogP contribution in [0.25, 0.3) is 43.4 Å². The molecule has 0 heterocycles. The van der Waals surface area contributed by atoms with Crippen molar-refractivity contribution in [3.63, 3.8) is 0 Å². The molecule has 0 spiro atoms. The van der Waals surface area contributed by atoms with E-state index in [0.29, 0.717) is 6.61 Å². The Bertz CT molecular complexity index is 1240. The average Bonchev–Trinajstić information content (AvgIpc) is 2.72. The lowest BCUT2D eigenvalue weighted by molar-refractivity contribution is 0.342. The average molecular weight is 352 g/mol. The fourth-order valence-corrected chi connectivity index (χ4v) is 4.11. The normalized spacial score (nSPS) is 11.5. The molecular weight excluding hydrogens is 332 g/mol. The van der Waals surface area contributed by atoms with Crippen molar-refractivity contribution in [3.8, 4) is 22.6 Å². The second-order valence-corrected chi connectivity index (χ2v) is 6.77. The van der Waals surface area contributed by atoms with Crippen LogP contribution in [0.4, 0.5) is 0 Å². The van der Waals surface area contributed by atoms with Crippen molar-refractivity contribution < 1.29 is 9.47 Å². The first-order chi connectivity index (χ1) is 13.3. The highest BCUT2D eigenvalue weighted by molar-refractivity contribution is 6.26. The molecule has 0 unspecified atom stereocenters. The lowest BCUT2D eigenvalue weighted by atomic mass is 9.89. The molecule has 0 bridgehead atoms. The van der Waals surface area contributed by atoms with Crippen LogP contribution < -0.4 is 9.47 Å². The molecule has 0 aliphatic carbocycles. The van der Waals surface area contributed by atoms with Gasteiger partial charge in [-0.3, -0.25) is 0 Å². The zero-order valence-electron chi connectivity index (χ0n) is 15.5. The van der Waals surface area contributed by atoms with E-state index < -0.39 is 0 Å². The van der Waals surface area contributed by atoms with Gasteiger partial charge in [-0.15, -0.1) is 0 Å². The van der Waals surface area contributed by atoms with Gasteiger partial charge in [-0.2, -0.15) is 0 Å². The zero-order chi connectivity index (χ0) is 18.4. The van der Waals surface area contributed by atoms with Crippen molar-refractivity contribution in [2.45, 2.75) is 6.92 Å². The molecule has 0 N–H and O–H groups in total. The van der Waals surface area contributed by atoms with E-state index in [1.807, 2.05) is 19.1 Å². The molecule has 0 amide bonds. The fraction of sp³-hybridized carbons (Fsp3) is 0.120. The molecule has 132 valence electrons. The molecule has 5 aromatic rings. The molecule has 5 aromatic carbocycles. The molecule has 0 aliphatic heterocycles. The molecule has 0 saturated heterocycles. The Balaban J connectivity index is 1.92. The van der Waals surface area contributed by atoms with Gasteiger partial charge in [0, 0.05) is 5.56 Å². The van der Waals surface area contributed by atoms with Gasteiger partial charge in [-0.05, 0) is 63.0 Å². The summed E-state index contributed by atoms with van der Waals surface area (Å²) in [6, 6.07) is 25.7. The summed E-state index contributed by atoms with van der Waals surface area (Å²) < 4.78 is 11.4. The van der Waals surface area contributed by atoms with Gasteiger partial charge in [-0.1, -0.05) is 54.6 Å². The quantitative estimate of drug-likeness (QED) is 0.337. The second-order valence-electron chi connectivity index (χ2n) is 6.77. The lowest BCUT2D eigenvalue weighted by Crippen LogP contribution is -1.96. The fourth-order valence-electron chi connectivity index (χ4n) is 4.11. The first-order valence-corrected chi connectivity index (χ1v) is 9.28. The first kappa shape index (κ1) is 16.0. The number of rotatable bonds is 4. The smallest absolute Gasteiger partial charge is 0.128 e. The van der Waals surface area contributed by atoms with E-state index in [2.05, 4.69) is 60.7 Å². The van der Waals surface area contributed by atoms with E-state index >= 15 is 0 Å². The number of hydrogen-bond acceptors (Lipinski definition) is 2. The molecule has 27 heavy (non-hydrogen) atoms. The molecule has 2 nitrogen and oxygen atoms in total. The Morgan fingerprint density at radius 1 is 0.741 bits per heavy atom. The van der Waals surface area contributed by atoms with E-state index in [9.17, 15) is 0 Å². The van der Waals surface area contributed by atoms with Crippen molar-refractivity contribution in [1.29, 1.82) is 0 Å². The minimum atomic E-state index is 0.636. The highest BCUT2D eigenvalue weighted by Gasteiger charge is 2.17. The number of methoxy groups -OCH3 is 1. The van der Waals surface area contributed by atoms with Gasteiger partial charge in [0.15, 0.2) is 0 Å². The monoisotopic (exact) mass is 352 g/mol. The number of hydrogen-bond donors (Lipinski definition) is 0. The Kier molecular flexibility index (Phi) is 3.64. The lowest BCUT2D eigenvalue weighted by Gasteiger charge is -2.18. The highest BCUT2D eigenvalue weighted by Crippen LogP contribution is 2.44. The molecule has 0 atom stereocenters. The second kappa shape index (κ2) is 6.17. The van der Waals surface area contributed by atoms with Crippen molar-refractivity contribution in [2.24, 2.45) is 0 Å². The van der Waals surface area contributed by atoms with Crippen LogP contribution in [0.2, 0.25) is 0 Å². The van der Waals surface area contributed by atoms with Crippen LogP contribution in [0.3, 0.4) is 0 Å². The van der Waals surface area contributed by atoms with Crippen molar-refractivity contribution in [1.82, 2.24) is 0 Å². The van der Waals surface area contributed by atoms with Gasteiger partial charge in [-0.25, -0.2) is 0 Å². The summed E-state index contributed by atoms with van der Waals surface area (Å²) in [5, 5.41) is 7.62. The molecule has 0 saturated carbocycles. The van der Waals surface area contributed by atoms with Crippen LogP contribution >= 0.6 is 0 Å². The van der Waals surface area contributed by atoms with Crippen LogP contribution in [0.1, 0.15) is 6.92 Å². The van der Waals surface area contributed by atoms with E-state index in [1.54, 1.807) is 7.11 Å². The summed E-state index contributed by atoms with van der Waals surface area (Å²) in [7, 11) is 1.69. The summed E-state index contributed by atoms with van der Waals surface area (Å²) in [5.74, 6) is 1.78. The SMILES string of the molecule is CCOc1cc2ccc3cccc4ccc(c1-c1ccc(OC)cc1)c2c34. The van der Waals surface area contributed by atoms with Gasteiger partial charge in [0.05, 0.1) is 13.7 Å². The molecule has 0 aliphatic rings. The highest BCUT2D eigenvalue weighted by atomic mass is 16.5. The van der Waals surface area contributed by atoms with Crippen molar-refractivity contribution >= 4 is 32.3 Å². The first-order valence-electron chi connectivity index (χ1n) is 9.28. The van der Waals surface area contributed by atoms with Gasteiger partial charge in [0.25, 0.3) is 0 Å². The van der Waals surface area contributed by atoms with Crippen LogP contribution in [0.5, 0.6) is 11.5 Å². The van der Waals surface area contributed by atoms with Crippen LogP contribution in [0, 0.1) is 0 Å². The van der Waals surface area contributed by atoms with Gasteiger partial charge in [0.2, 0.25) is 0 Å². The summed E-state index contributed by atoms with van der Waals surface area (Å²) in [4.78, 5) is 0. The van der Waals surface area contributed by atoms with Gasteiger partial charge in [0.1, 0.15) is 11.5 Å².